The summed E-state index contributed by atoms with van der Waals surface area (Å²) in [7, 11) is 0. The number of pyridine rings is 1. The number of hydrogen-bond acceptors (Lipinski definition) is 7. The van der Waals surface area contributed by atoms with Crippen LogP contribution in [0.2, 0.25) is 0 Å². The first kappa shape index (κ1) is 20.3. The first-order chi connectivity index (χ1) is 14.3. The first-order valence-corrected chi connectivity index (χ1v) is 10.0. The molecule has 2 aromatic heterocycles. The van der Waals surface area contributed by atoms with E-state index in [0.717, 1.165) is 18.5 Å². The van der Waals surface area contributed by atoms with E-state index in [1.54, 1.807) is 25.3 Å². The molecule has 2 aliphatic rings. The lowest BCUT2D eigenvalue weighted by Gasteiger charge is -2.34. The van der Waals surface area contributed by atoms with Crippen molar-refractivity contribution in [2.24, 2.45) is 0 Å². The van der Waals surface area contributed by atoms with Gasteiger partial charge in [0.1, 0.15) is 18.0 Å². The standard InChI is InChI=1S/C21H25FN4O4/c1-13-18(28-16-5-4-9-23-14(16)2)24-12-25-19(13)29-17-6-10-26(11-15(17)22)20(27)30-21(3)7-8-21/h4-5,9,12,15,17H,6-8,10-11H2,1-3H3. The summed E-state index contributed by atoms with van der Waals surface area (Å²) >= 11 is 0. The van der Waals surface area contributed by atoms with Crippen molar-refractivity contribution < 1.29 is 23.4 Å². The number of carbonyl (C=O) groups excluding carboxylic acids is 1. The van der Waals surface area contributed by atoms with Crippen molar-refractivity contribution >= 4 is 6.09 Å². The number of nitrogens with zero attached hydrogens (tertiary/aromatic N) is 4. The van der Waals surface area contributed by atoms with Crippen LogP contribution < -0.4 is 9.47 Å². The molecule has 2 unspecified atom stereocenters. The van der Waals surface area contributed by atoms with Gasteiger partial charge in [-0.3, -0.25) is 4.98 Å². The van der Waals surface area contributed by atoms with E-state index in [4.69, 9.17) is 14.2 Å². The highest BCUT2D eigenvalue weighted by Gasteiger charge is 2.44. The molecule has 2 atom stereocenters. The zero-order valence-electron chi connectivity index (χ0n) is 17.3. The summed E-state index contributed by atoms with van der Waals surface area (Å²) in [6.45, 7) is 5.77. The lowest BCUT2D eigenvalue weighted by molar-refractivity contribution is 0.00193. The predicted molar refractivity (Wildman–Crippen MR) is 105 cm³/mol. The van der Waals surface area contributed by atoms with Crippen molar-refractivity contribution in [3.8, 4) is 17.5 Å². The lowest BCUT2D eigenvalue weighted by Crippen LogP contribution is -2.50. The molecular formula is C21H25FN4O4. The Bertz CT molecular complexity index is 937. The maximum atomic E-state index is 14.8. The summed E-state index contributed by atoms with van der Waals surface area (Å²) in [5.41, 5.74) is 0.912. The molecule has 0 spiro atoms. The molecule has 160 valence electrons. The largest absolute Gasteiger partial charge is 0.471 e. The van der Waals surface area contributed by atoms with E-state index in [1.807, 2.05) is 13.8 Å². The summed E-state index contributed by atoms with van der Waals surface area (Å²) in [6, 6.07) is 3.56. The Hall–Kier alpha value is -2.97. The molecule has 1 amide bonds. The quantitative estimate of drug-likeness (QED) is 0.733. The molecule has 0 radical (unpaired) electrons. The Balaban J connectivity index is 1.40. The Morgan fingerprint density at radius 3 is 2.70 bits per heavy atom. The van der Waals surface area contributed by atoms with Gasteiger partial charge < -0.3 is 19.1 Å². The van der Waals surface area contributed by atoms with Crippen LogP contribution in [-0.2, 0) is 4.74 Å². The fraction of sp³-hybridized carbons (Fsp3) is 0.524. The second-order valence-corrected chi connectivity index (χ2v) is 8.02. The first-order valence-electron chi connectivity index (χ1n) is 10.0. The van der Waals surface area contributed by atoms with Crippen LogP contribution in [0.5, 0.6) is 17.5 Å². The smallest absolute Gasteiger partial charge is 0.410 e. The molecule has 1 saturated carbocycles. The fourth-order valence-electron chi connectivity index (χ4n) is 3.20. The van der Waals surface area contributed by atoms with Crippen molar-refractivity contribution in [2.75, 3.05) is 13.1 Å². The Morgan fingerprint density at radius 1 is 1.23 bits per heavy atom. The highest BCUT2D eigenvalue weighted by molar-refractivity contribution is 5.68. The molecule has 0 aromatic carbocycles. The van der Waals surface area contributed by atoms with Gasteiger partial charge in [0.25, 0.3) is 0 Å². The van der Waals surface area contributed by atoms with E-state index < -0.39 is 18.4 Å². The van der Waals surface area contributed by atoms with Crippen LogP contribution in [0.15, 0.2) is 24.7 Å². The molecule has 1 saturated heterocycles. The van der Waals surface area contributed by atoms with Crippen molar-refractivity contribution in [3.63, 3.8) is 0 Å². The van der Waals surface area contributed by atoms with E-state index in [1.165, 1.54) is 11.2 Å². The maximum Gasteiger partial charge on any atom is 0.410 e. The number of aromatic nitrogens is 3. The average Bonchev–Trinajstić information content (AvgIpc) is 3.44. The van der Waals surface area contributed by atoms with Crippen LogP contribution >= 0.6 is 0 Å². The molecule has 1 aliphatic carbocycles. The minimum absolute atomic E-state index is 0.0675. The molecule has 0 N–H and O–H groups in total. The Morgan fingerprint density at radius 2 is 2.00 bits per heavy atom. The van der Waals surface area contributed by atoms with Crippen molar-refractivity contribution in [3.05, 3.63) is 35.9 Å². The number of amides is 1. The molecular weight excluding hydrogens is 391 g/mol. The number of halogens is 1. The van der Waals surface area contributed by atoms with Crippen LogP contribution in [0.4, 0.5) is 9.18 Å². The minimum Gasteiger partial charge on any atom is -0.471 e. The number of ether oxygens (including phenoxy) is 3. The van der Waals surface area contributed by atoms with E-state index in [-0.39, 0.29) is 18.0 Å². The molecule has 9 heteroatoms. The Kier molecular flexibility index (Phi) is 5.44. The molecule has 0 bridgehead atoms. The number of aryl methyl sites for hydroxylation is 1. The third-order valence-corrected chi connectivity index (χ3v) is 5.45. The van der Waals surface area contributed by atoms with E-state index in [0.29, 0.717) is 30.2 Å². The molecule has 4 rings (SSSR count). The fourth-order valence-corrected chi connectivity index (χ4v) is 3.20. The van der Waals surface area contributed by atoms with Gasteiger partial charge in [-0.15, -0.1) is 0 Å². The number of rotatable bonds is 5. The third-order valence-electron chi connectivity index (χ3n) is 5.45. The number of piperidine rings is 1. The topological polar surface area (TPSA) is 86.7 Å². The van der Waals surface area contributed by atoms with Gasteiger partial charge in [-0.25, -0.2) is 19.2 Å². The molecule has 2 aromatic rings. The zero-order valence-corrected chi connectivity index (χ0v) is 17.3. The minimum atomic E-state index is -1.35. The van der Waals surface area contributed by atoms with Gasteiger partial charge in [-0.05, 0) is 45.7 Å². The highest BCUT2D eigenvalue weighted by Crippen LogP contribution is 2.39. The third kappa shape index (κ3) is 4.44. The second kappa shape index (κ2) is 8.04. The number of hydrogen-bond donors (Lipinski definition) is 0. The Labute approximate surface area is 174 Å². The number of carbonyl (C=O) groups is 1. The average molecular weight is 416 g/mol. The van der Waals surface area contributed by atoms with Gasteiger partial charge in [-0.2, -0.15) is 0 Å². The van der Waals surface area contributed by atoms with Gasteiger partial charge in [0.2, 0.25) is 11.8 Å². The summed E-state index contributed by atoms with van der Waals surface area (Å²) < 4.78 is 31.9. The maximum absolute atomic E-state index is 14.8. The SMILES string of the molecule is Cc1ncccc1Oc1ncnc(OC2CCN(C(=O)OC3(C)CC3)CC2F)c1C. The summed E-state index contributed by atoms with van der Waals surface area (Å²) in [5.74, 6) is 1.16. The molecule has 30 heavy (non-hydrogen) atoms. The van der Waals surface area contributed by atoms with Crippen LogP contribution in [0.3, 0.4) is 0 Å². The summed E-state index contributed by atoms with van der Waals surface area (Å²) in [5, 5.41) is 0. The van der Waals surface area contributed by atoms with Gasteiger partial charge in [0.15, 0.2) is 11.9 Å². The zero-order chi connectivity index (χ0) is 21.3. The molecule has 3 heterocycles. The highest BCUT2D eigenvalue weighted by atomic mass is 19.1. The molecule has 2 fully saturated rings. The summed E-state index contributed by atoms with van der Waals surface area (Å²) in [4.78, 5) is 26.1. The number of likely N-dealkylation sites (tertiary alicyclic amines) is 1. The van der Waals surface area contributed by atoms with Gasteiger partial charge in [-0.1, -0.05) is 0 Å². The van der Waals surface area contributed by atoms with Crippen molar-refractivity contribution in [2.45, 2.75) is 57.9 Å². The van der Waals surface area contributed by atoms with Gasteiger partial charge in [0.05, 0.1) is 17.8 Å². The second-order valence-electron chi connectivity index (χ2n) is 8.02. The van der Waals surface area contributed by atoms with Crippen LogP contribution in [0.1, 0.15) is 37.4 Å². The van der Waals surface area contributed by atoms with E-state index in [2.05, 4.69) is 15.0 Å². The van der Waals surface area contributed by atoms with Gasteiger partial charge in [0, 0.05) is 19.2 Å². The van der Waals surface area contributed by atoms with Crippen molar-refractivity contribution in [1.29, 1.82) is 0 Å². The summed E-state index contributed by atoms with van der Waals surface area (Å²) in [6.07, 6.45) is 2.52. The molecule has 8 nitrogen and oxygen atoms in total. The molecule has 1 aliphatic heterocycles. The van der Waals surface area contributed by atoms with E-state index >= 15 is 0 Å². The van der Waals surface area contributed by atoms with Crippen LogP contribution in [0, 0.1) is 13.8 Å². The van der Waals surface area contributed by atoms with Crippen molar-refractivity contribution in [1.82, 2.24) is 19.9 Å². The van der Waals surface area contributed by atoms with Crippen LogP contribution in [0.25, 0.3) is 0 Å². The normalized spacial score (nSPS) is 22.3. The lowest BCUT2D eigenvalue weighted by atomic mass is 10.1. The number of alkyl halides is 1. The van der Waals surface area contributed by atoms with E-state index in [9.17, 15) is 9.18 Å². The van der Waals surface area contributed by atoms with Crippen LogP contribution in [-0.4, -0.2) is 56.9 Å². The van der Waals surface area contributed by atoms with Gasteiger partial charge >= 0.3 is 6.09 Å². The monoisotopic (exact) mass is 416 g/mol. The predicted octanol–water partition coefficient (Wildman–Crippen LogP) is 3.76.